The van der Waals surface area contributed by atoms with Crippen molar-refractivity contribution >= 4 is 23.7 Å². The number of nitrogens with zero attached hydrogens (tertiary/aromatic N) is 4. The Morgan fingerprint density at radius 2 is 1.82 bits per heavy atom. The van der Waals surface area contributed by atoms with Gasteiger partial charge in [-0.3, -0.25) is 14.5 Å². The number of halogens is 1. The van der Waals surface area contributed by atoms with E-state index < -0.39 is 35.7 Å². The number of hydrogen-bond donors (Lipinski definition) is 2. The molecule has 0 bridgehead atoms. The van der Waals surface area contributed by atoms with Crippen molar-refractivity contribution in [3.63, 3.8) is 0 Å². The summed E-state index contributed by atoms with van der Waals surface area (Å²) in [5, 5.41) is 5.34. The largest absolute Gasteiger partial charge is 0.354 e. The van der Waals surface area contributed by atoms with Gasteiger partial charge in [0.05, 0.1) is 0 Å². The molecule has 3 heterocycles. The van der Waals surface area contributed by atoms with Crippen LogP contribution in [0.2, 0.25) is 0 Å². The minimum absolute atomic E-state index is 0.231. The average molecular weight is 469 g/mol. The molecule has 0 spiro atoms. The molecule has 2 aliphatic rings. The van der Waals surface area contributed by atoms with Gasteiger partial charge < -0.3 is 20.4 Å². The second kappa shape index (κ2) is 9.76. The normalized spacial score (nSPS) is 21.0. The van der Waals surface area contributed by atoms with Crippen LogP contribution in [0.4, 0.5) is 15.0 Å². The number of imide groups is 1. The van der Waals surface area contributed by atoms with Crippen LogP contribution in [0.5, 0.6) is 0 Å². The molecule has 9 nitrogen and oxygen atoms in total. The molecule has 1 aromatic heterocycles. The van der Waals surface area contributed by atoms with Gasteiger partial charge in [-0.1, -0.05) is 25.1 Å². The highest BCUT2D eigenvalue weighted by atomic mass is 19.1. The molecular weight excluding hydrogens is 439 g/mol. The quantitative estimate of drug-likeness (QED) is 0.597. The molecular formula is C24H29FN6O3. The summed E-state index contributed by atoms with van der Waals surface area (Å²) >= 11 is 0. The summed E-state index contributed by atoms with van der Waals surface area (Å²) in [6.07, 6.45) is 1.72. The van der Waals surface area contributed by atoms with E-state index in [2.05, 4.69) is 32.3 Å². The third-order valence-electron chi connectivity index (χ3n) is 6.44. The first kappa shape index (κ1) is 23.6. The number of amides is 4. The molecule has 2 fully saturated rings. The lowest BCUT2D eigenvalue weighted by Gasteiger charge is -2.34. The number of carbonyl (C=O) groups excluding carboxylic acids is 3. The van der Waals surface area contributed by atoms with Gasteiger partial charge in [0.2, 0.25) is 5.91 Å². The Hall–Kier alpha value is -3.53. The zero-order valence-electron chi connectivity index (χ0n) is 19.4. The van der Waals surface area contributed by atoms with Crippen LogP contribution >= 0.6 is 0 Å². The summed E-state index contributed by atoms with van der Waals surface area (Å²) in [5.41, 5.74) is -0.0944. The molecule has 1 atom stereocenters. The van der Waals surface area contributed by atoms with E-state index in [4.69, 9.17) is 0 Å². The maximum atomic E-state index is 13.2. The second-order valence-electron chi connectivity index (χ2n) is 8.68. The van der Waals surface area contributed by atoms with Gasteiger partial charge in [0, 0.05) is 38.9 Å². The van der Waals surface area contributed by atoms with Crippen molar-refractivity contribution in [1.82, 2.24) is 25.4 Å². The fourth-order valence-corrected chi connectivity index (χ4v) is 4.22. The third-order valence-corrected chi connectivity index (χ3v) is 6.44. The van der Waals surface area contributed by atoms with Crippen LogP contribution in [0.15, 0.2) is 42.6 Å². The Morgan fingerprint density at radius 3 is 2.44 bits per heavy atom. The molecule has 10 heteroatoms. The molecule has 2 aromatic rings. The number of piperazine rings is 1. The highest BCUT2D eigenvalue weighted by Gasteiger charge is 2.49. The van der Waals surface area contributed by atoms with Crippen LogP contribution < -0.4 is 15.5 Å². The van der Waals surface area contributed by atoms with Gasteiger partial charge in [0.25, 0.3) is 5.91 Å². The van der Waals surface area contributed by atoms with E-state index in [-0.39, 0.29) is 6.54 Å². The molecule has 1 unspecified atom stereocenters. The Kier molecular flexibility index (Phi) is 6.78. The van der Waals surface area contributed by atoms with Crippen molar-refractivity contribution in [3.8, 4) is 0 Å². The summed E-state index contributed by atoms with van der Waals surface area (Å²) < 4.78 is 13.2. The summed E-state index contributed by atoms with van der Waals surface area (Å²) in [5.74, 6) is -0.563. The van der Waals surface area contributed by atoms with Gasteiger partial charge in [-0.05, 0) is 42.8 Å². The van der Waals surface area contributed by atoms with Crippen molar-refractivity contribution in [1.29, 1.82) is 0 Å². The lowest BCUT2D eigenvalue weighted by atomic mass is 9.92. The predicted molar refractivity (Wildman–Crippen MR) is 124 cm³/mol. The average Bonchev–Trinajstić information content (AvgIpc) is 3.07. The summed E-state index contributed by atoms with van der Waals surface area (Å²) in [4.78, 5) is 47.8. The number of rotatable bonds is 7. The SMILES string of the molecule is CCN1CCN(c2ccc(CNC(=O)CN3C(=O)NC(C)(c4ccc(F)cc4)C3=O)cn2)CC1. The molecule has 4 rings (SSSR count). The van der Waals surface area contributed by atoms with Crippen LogP contribution in [0.1, 0.15) is 25.0 Å². The molecule has 0 aliphatic carbocycles. The number of anilines is 1. The molecule has 0 saturated carbocycles. The number of aromatic nitrogens is 1. The van der Waals surface area contributed by atoms with Crippen molar-refractivity contribution in [2.24, 2.45) is 0 Å². The maximum absolute atomic E-state index is 13.2. The zero-order valence-corrected chi connectivity index (χ0v) is 19.4. The van der Waals surface area contributed by atoms with Crippen molar-refractivity contribution in [2.45, 2.75) is 25.9 Å². The lowest BCUT2D eigenvalue weighted by Crippen LogP contribution is -2.46. The molecule has 180 valence electrons. The molecule has 0 radical (unpaired) electrons. The van der Waals surface area contributed by atoms with Gasteiger partial charge in [0.1, 0.15) is 23.7 Å². The van der Waals surface area contributed by atoms with E-state index in [1.807, 2.05) is 12.1 Å². The number of hydrogen-bond acceptors (Lipinski definition) is 6. The molecule has 34 heavy (non-hydrogen) atoms. The third kappa shape index (κ3) is 4.86. The lowest BCUT2D eigenvalue weighted by molar-refractivity contribution is -0.134. The minimum Gasteiger partial charge on any atom is -0.354 e. The number of nitrogens with one attached hydrogen (secondary N) is 2. The van der Waals surface area contributed by atoms with Crippen LogP contribution in [0, 0.1) is 5.82 Å². The van der Waals surface area contributed by atoms with E-state index >= 15 is 0 Å². The Bertz CT molecular complexity index is 1050. The highest BCUT2D eigenvalue weighted by Crippen LogP contribution is 2.28. The van der Waals surface area contributed by atoms with Gasteiger partial charge >= 0.3 is 6.03 Å². The van der Waals surface area contributed by atoms with E-state index in [1.54, 1.807) is 6.20 Å². The first-order chi connectivity index (χ1) is 16.3. The van der Waals surface area contributed by atoms with E-state index in [0.29, 0.717) is 5.56 Å². The van der Waals surface area contributed by atoms with Crippen molar-refractivity contribution in [2.75, 3.05) is 44.2 Å². The van der Waals surface area contributed by atoms with Gasteiger partial charge in [-0.25, -0.2) is 14.2 Å². The summed E-state index contributed by atoms with van der Waals surface area (Å²) in [6.45, 7) is 8.46. The molecule has 2 aliphatic heterocycles. The topological polar surface area (TPSA) is 97.9 Å². The predicted octanol–water partition coefficient (Wildman–Crippen LogP) is 1.45. The van der Waals surface area contributed by atoms with E-state index in [9.17, 15) is 18.8 Å². The first-order valence-electron chi connectivity index (χ1n) is 11.4. The molecule has 2 saturated heterocycles. The van der Waals surface area contributed by atoms with Crippen LogP contribution in [-0.4, -0.2) is 71.9 Å². The smallest absolute Gasteiger partial charge is 0.325 e. The Balaban J connectivity index is 1.30. The minimum atomic E-state index is -1.35. The fourth-order valence-electron chi connectivity index (χ4n) is 4.22. The van der Waals surface area contributed by atoms with E-state index in [1.165, 1.54) is 31.2 Å². The summed E-state index contributed by atoms with van der Waals surface area (Å²) in [7, 11) is 0. The number of pyridine rings is 1. The number of urea groups is 1. The van der Waals surface area contributed by atoms with Crippen molar-refractivity contribution < 1.29 is 18.8 Å². The number of likely N-dealkylation sites (N-methyl/N-ethyl adjacent to an activating group) is 1. The standard InChI is InChI=1S/C24H29FN6O3/c1-3-29-10-12-30(13-11-29)20-9-4-17(14-26-20)15-27-21(32)16-31-22(33)24(2,28-23(31)34)18-5-7-19(25)8-6-18/h4-9,14H,3,10-13,15-16H2,1-2H3,(H,27,32)(H,28,34). The van der Waals surface area contributed by atoms with Crippen LogP contribution in [-0.2, 0) is 21.7 Å². The van der Waals surface area contributed by atoms with Gasteiger partial charge in [0.15, 0.2) is 0 Å². The van der Waals surface area contributed by atoms with Crippen LogP contribution in [0.3, 0.4) is 0 Å². The van der Waals surface area contributed by atoms with Crippen molar-refractivity contribution in [3.05, 3.63) is 59.5 Å². The summed E-state index contributed by atoms with van der Waals surface area (Å²) in [6, 6.07) is 8.51. The Labute approximate surface area is 197 Å². The van der Waals surface area contributed by atoms with Gasteiger partial charge in [-0.2, -0.15) is 0 Å². The van der Waals surface area contributed by atoms with Crippen LogP contribution in [0.25, 0.3) is 0 Å². The zero-order chi connectivity index (χ0) is 24.3. The fraction of sp³-hybridized carbons (Fsp3) is 0.417. The first-order valence-corrected chi connectivity index (χ1v) is 11.4. The molecule has 2 N–H and O–H groups in total. The number of benzene rings is 1. The van der Waals surface area contributed by atoms with Gasteiger partial charge in [-0.15, -0.1) is 0 Å². The number of carbonyl (C=O) groups is 3. The second-order valence-corrected chi connectivity index (χ2v) is 8.68. The maximum Gasteiger partial charge on any atom is 0.325 e. The monoisotopic (exact) mass is 468 g/mol. The molecule has 4 amide bonds. The Morgan fingerprint density at radius 1 is 1.12 bits per heavy atom. The highest BCUT2D eigenvalue weighted by molar-refractivity contribution is 6.09. The van der Waals surface area contributed by atoms with E-state index in [0.717, 1.165) is 49.0 Å². The molecule has 1 aromatic carbocycles.